The largest absolute Gasteiger partial charge is 0.437 e. The van der Waals surface area contributed by atoms with Crippen molar-refractivity contribution in [2.75, 3.05) is 18.8 Å². The lowest BCUT2D eigenvalue weighted by Gasteiger charge is -2.30. The molecule has 2 aromatic rings. The predicted octanol–water partition coefficient (Wildman–Crippen LogP) is 2.94. The molecule has 1 aromatic carbocycles. The average Bonchev–Trinajstić information content (AvgIpc) is 2.64. The highest BCUT2D eigenvalue weighted by Crippen LogP contribution is 2.34. The molecule has 1 aliphatic rings. The normalized spacial score (nSPS) is 16.7. The summed E-state index contributed by atoms with van der Waals surface area (Å²) in [6.07, 6.45) is 4.47. The average molecular weight is 365 g/mol. The van der Waals surface area contributed by atoms with E-state index in [4.69, 9.17) is 4.74 Å². The zero-order valence-electron chi connectivity index (χ0n) is 13.9. The van der Waals surface area contributed by atoms with Gasteiger partial charge >= 0.3 is 0 Å². The van der Waals surface area contributed by atoms with Gasteiger partial charge in [0.25, 0.3) is 0 Å². The van der Waals surface area contributed by atoms with Crippen molar-refractivity contribution in [1.29, 1.82) is 0 Å². The zero-order valence-corrected chi connectivity index (χ0v) is 14.7. The van der Waals surface area contributed by atoms with E-state index < -0.39 is 10.0 Å². The summed E-state index contributed by atoms with van der Waals surface area (Å²) in [4.78, 5) is 8.64. The van der Waals surface area contributed by atoms with Gasteiger partial charge in [0.15, 0.2) is 0 Å². The first-order valence-corrected chi connectivity index (χ1v) is 9.82. The van der Waals surface area contributed by atoms with Crippen molar-refractivity contribution in [1.82, 2.24) is 14.3 Å². The number of hydrogen-bond donors (Lipinski definition) is 0. The SMILES string of the molecule is CCS(=O)(=O)N1CCC(c2nccnc2Oc2ccc(F)cc2)CC1. The first-order chi connectivity index (χ1) is 12.0. The van der Waals surface area contributed by atoms with E-state index in [1.807, 2.05) is 0 Å². The molecule has 0 N–H and O–H groups in total. The molecule has 8 heteroatoms. The summed E-state index contributed by atoms with van der Waals surface area (Å²) >= 11 is 0. The zero-order chi connectivity index (χ0) is 17.9. The van der Waals surface area contributed by atoms with Crippen LogP contribution < -0.4 is 4.74 Å². The van der Waals surface area contributed by atoms with E-state index in [9.17, 15) is 12.8 Å². The maximum Gasteiger partial charge on any atom is 0.241 e. The van der Waals surface area contributed by atoms with Crippen molar-refractivity contribution in [2.24, 2.45) is 0 Å². The summed E-state index contributed by atoms with van der Waals surface area (Å²) in [5.74, 6) is 0.714. The fourth-order valence-electron chi connectivity index (χ4n) is 2.90. The Balaban J connectivity index is 1.74. The van der Waals surface area contributed by atoms with Crippen LogP contribution in [-0.4, -0.2) is 41.5 Å². The lowest BCUT2D eigenvalue weighted by Crippen LogP contribution is -2.38. The topological polar surface area (TPSA) is 72.4 Å². The summed E-state index contributed by atoms with van der Waals surface area (Å²) in [5.41, 5.74) is 0.709. The standard InChI is InChI=1S/C17H20FN3O3S/c1-2-25(22,23)21-11-7-13(8-12-21)16-17(20-10-9-19-16)24-15-5-3-14(18)4-6-15/h3-6,9-10,13H,2,7-8,11-12H2,1H3. The second-order valence-electron chi connectivity index (χ2n) is 5.88. The number of rotatable bonds is 5. The molecule has 0 bridgehead atoms. The minimum Gasteiger partial charge on any atom is -0.437 e. The predicted molar refractivity (Wildman–Crippen MR) is 91.5 cm³/mol. The molecule has 134 valence electrons. The first kappa shape index (κ1) is 17.8. The molecule has 0 saturated carbocycles. The molecule has 2 heterocycles. The number of benzene rings is 1. The van der Waals surface area contributed by atoms with E-state index in [-0.39, 0.29) is 17.5 Å². The lowest BCUT2D eigenvalue weighted by atomic mass is 9.94. The second kappa shape index (κ2) is 7.45. The Morgan fingerprint density at radius 1 is 1.16 bits per heavy atom. The molecule has 0 radical (unpaired) electrons. The maximum absolute atomic E-state index is 13.0. The van der Waals surface area contributed by atoms with E-state index in [0.29, 0.717) is 43.3 Å². The molecule has 1 saturated heterocycles. The number of ether oxygens (including phenoxy) is 1. The fraction of sp³-hybridized carbons (Fsp3) is 0.412. The Kier molecular flexibility index (Phi) is 5.29. The van der Waals surface area contributed by atoms with Crippen molar-refractivity contribution < 1.29 is 17.5 Å². The van der Waals surface area contributed by atoms with Gasteiger partial charge in [0, 0.05) is 31.4 Å². The molecule has 0 atom stereocenters. The van der Waals surface area contributed by atoms with Crippen LogP contribution in [0.2, 0.25) is 0 Å². The van der Waals surface area contributed by atoms with Gasteiger partial charge < -0.3 is 4.74 Å². The molecule has 0 aliphatic carbocycles. The van der Waals surface area contributed by atoms with Gasteiger partial charge in [-0.05, 0) is 44.0 Å². The number of sulfonamides is 1. The Bertz CT molecular complexity index is 819. The third-order valence-corrected chi connectivity index (χ3v) is 6.20. The van der Waals surface area contributed by atoms with E-state index in [1.165, 1.54) is 28.6 Å². The summed E-state index contributed by atoms with van der Waals surface area (Å²) in [5, 5.41) is 0. The molecule has 0 unspecified atom stereocenters. The number of halogens is 1. The van der Waals surface area contributed by atoms with E-state index in [2.05, 4.69) is 9.97 Å². The van der Waals surface area contributed by atoms with Gasteiger partial charge in [-0.1, -0.05) is 0 Å². The van der Waals surface area contributed by atoms with Crippen LogP contribution >= 0.6 is 0 Å². The molecule has 1 aromatic heterocycles. The molecule has 1 aliphatic heterocycles. The number of aromatic nitrogens is 2. The van der Waals surface area contributed by atoms with Crippen molar-refractivity contribution in [2.45, 2.75) is 25.7 Å². The van der Waals surface area contributed by atoms with Gasteiger partial charge in [-0.15, -0.1) is 0 Å². The quantitative estimate of drug-likeness (QED) is 0.815. The molecule has 25 heavy (non-hydrogen) atoms. The van der Waals surface area contributed by atoms with Crippen LogP contribution in [0.15, 0.2) is 36.7 Å². The minimum absolute atomic E-state index is 0.0763. The van der Waals surface area contributed by atoms with Gasteiger partial charge in [0.1, 0.15) is 17.3 Å². The number of nitrogens with zero attached hydrogens (tertiary/aromatic N) is 3. The summed E-state index contributed by atoms with van der Waals surface area (Å²) < 4.78 is 44.3. The van der Waals surface area contributed by atoms with Gasteiger partial charge in [-0.3, -0.25) is 4.98 Å². The minimum atomic E-state index is -3.16. The molecule has 1 fully saturated rings. The van der Waals surface area contributed by atoms with Gasteiger partial charge in [0.2, 0.25) is 15.9 Å². The monoisotopic (exact) mass is 365 g/mol. The van der Waals surface area contributed by atoms with Crippen LogP contribution in [0.3, 0.4) is 0 Å². The number of hydrogen-bond acceptors (Lipinski definition) is 5. The molecular formula is C17H20FN3O3S. The Morgan fingerprint density at radius 3 is 2.44 bits per heavy atom. The highest BCUT2D eigenvalue weighted by molar-refractivity contribution is 7.89. The summed E-state index contributed by atoms with van der Waals surface area (Å²) in [7, 11) is -3.16. The van der Waals surface area contributed by atoms with E-state index >= 15 is 0 Å². The van der Waals surface area contributed by atoms with E-state index in [1.54, 1.807) is 19.3 Å². The Hall–Kier alpha value is -2.06. The molecule has 0 amide bonds. The van der Waals surface area contributed by atoms with Crippen LogP contribution in [0, 0.1) is 5.82 Å². The fourth-order valence-corrected chi connectivity index (χ4v) is 4.03. The summed E-state index contributed by atoms with van der Waals surface area (Å²) in [6.45, 7) is 2.58. The second-order valence-corrected chi connectivity index (χ2v) is 8.13. The van der Waals surface area contributed by atoms with Crippen molar-refractivity contribution in [3.63, 3.8) is 0 Å². The molecule has 3 rings (SSSR count). The maximum atomic E-state index is 13.0. The third kappa shape index (κ3) is 4.13. The molecule has 6 nitrogen and oxygen atoms in total. The van der Waals surface area contributed by atoms with Crippen LogP contribution in [0.5, 0.6) is 11.6 Å². The van der Waals surface area contributed by atoms with Crippen molar-refractivity contribution in [3.8, 4) is 11.6 Å². The van der Waals surface area contributed by atoms with E-state index in [0.717, 1.165) is 0 Å². The van der Waals surface area contributed by atoms with Crippen LogP contribution in [0.4, 0.5) is 4.39 Å². The summed E-state index contributed by atoms with van der Waals surface area (Å²) in [6, 6.07) is 5.70. The highest BCUT2D eigenvalue weighted by Gasteiger charge is 2.30. The van der Waals surface area contributed by atoms with Crippen LogP contribution in [-0.2, 0) is 10.0 Å². The van der Waals surface area contributed by atoms with Crippen molar-refractivity contribution >= 4 is 10.0 Å². The van der Waals surface area contributed by atoms with Gasteiger partial charge in [-0.25, -0.2) is 22.1 Å². The highest BCUT2D eigenvalue weighted by atomic mass is 32.2. The smallest absolute Gasteiger partial charge is 0.241 e. The lowest BCUT2D eigenvalue weighted by molar-refractivity contribution is 0.311. The molecular weight excluding hydrogens is 345 g/mol. The van der Waals surface area contributed by atoms with Crippen LogP contribution in [0.1, 0.15) is 31.4 Å². The van der Waals surface area contributed by atoms with Crippen molar-refractivity contribution in [3.05, 3.63) is 48.2 Å². The van der Waals surface area contributed by atoms with Gasteiger partial charge in [-0.2, -0.15) is 0 Å². The third-order valence-electron chi connectivity index (χ3n) is 4.32. The van der Waals surface area contributed by atoms with Gasteiger partial charge in [0.05, 0.1) is 5.75 Å². The Morgan fingerprint density at radius 2 is 1.80 bits per heavy atom. The van der Waals surface area contributed by atoms with Crippen LogP contribution in [0.25, 0.3) is 0 Å². The number of piperidine rings is 1. The Labute approximate surface area is 146 Å². The first-order valence-electron chi connectivity index (χ1n) is 8.21. The molecule has 0 spiro atoms.